The van der Waals surface area contributed by atoms with Gasteiger partial charge in [0.1, 0.15) is 5.75 Å². The Morgan fingerprint density at radius 1 is 0.969 bits per heavy atom. The van der Waals surface area contributed by atoms with Gasteiger partial charge in [0.2, 0.25) is 10.0 Å². The second-order valence-corrected chi connectivity index (χ2v) is 9.14. The number of rotatable bonds is 8. The average Bonchev–Trinajstić information content (AvgIpc) is 3.34. The molecule has 1 atom stereocenters. The molecule has 1 fully saturated rings. The highest BCUT2D eigenvalue weighted by molar-refractivity contribution is 7.89. The monoisotopic (exact) mass is 452 g/mol. The molecule has 4 rings (SSSR count). The number of nitrogens with one attached hydrogen (secondary N) is 2. The van der Waals surface area contributed by atoms with Gasteiger partial charge < -0.3 is 14.8 Å². The van der Waals surface area contributed by atoms with Crippen LogP contribution >= 0.6 is 0 Å². The fourth-order valence-corrected chi connectivity index (χ4v) is 4.41. The maximum atomic E-state index is 12.7. The van der Waals surface area contributed by atoms with Gasteiger partial charge in [-0.2, -0.15) is 0 Å². The molecule has 0 bridgehead atoms. The molecule has 3 aromatic carbocycles. The fraction of sp³-hybridized carbons (Fsp3) is 0.208. The number of hydrogen-bond acceptors (Lipinski definition) is 5. The van der Waals surface area contributed by atoms with E-state index in [0.29, 0.717) is 29.4 Å². The van der Waals surface area contributed by atoms with Crippen molar-refractivity contribution in [1.82, 2.24) is 4.72 Å². The Morgan fingerprint density at radius 2 is 1.69 bits per heavy atom. The van der Waals surface area contributed by atoms with E-state index in [4.69, 9.17) is 9.47 Å². The Kier molecular flexibility index (Phi) is 6.84. The van der Waals surface area contributed by atoms with Crippen LogP contribution in [0.2, 0.25) is 0 Å². The Balaban J connectivity index is 1.42. The van der Waals surface area contributed by atoms with Crippen molar-refractivity contribution in [3.63, 3.8) is 0 Å². The van der Waals surface area contributed by atoms with Crippen LogP contribution in [-0.2, 0) is 14.8 Å². The fourth-order valence-electron chi connectivity index (χ4n) is 3.35. The Morgan fingerprint density at radius 3 is 2.41 bits per heavy atom. The molecule has 3 aromatic rings. The average molecular weight is 453 g/mol. The van der Waals surface area contributed by atoms with Crippen LogP contribution in [0.1, 0.15) is 23.2 Å². The van der Waals surface area contributed by atoms with Gasteiger partial charge in [0.05, 0.1) is 16.7 Å². The van der Waals surface area contributed by atoms with Gasteiger partial charge in [0.15, 0.2) is 5.75 Å². The van der Waals surface area contributed by atoms with Crippen LogP contribution in [0.15, 0.2) is 83.8 Å². The standard InChI is InChI=1S/C24H24N2O5S/c27-24(26-22-10-4-5-11-23(22)31-19-7-2-1-3-8-19)18-12-14-21(15-13-18)32(28,29)25-17-20-9-6-16-30-20/h1-5,7-8,10-15,20,25H,6,9,16-17H2,(H,26,27)/t20-/m0/s1. The molecule has 166 valence electrons. The molecule has 8 heteroatoms. The summed E-state index contributed by atoms with van der Waals surface area (Å²) in [5.74, 6) is 0.786. The van der Waals surface area contributed by atoms with E-state index < -0.39 is 10.0 Å². The minimum absolute atomic E-state index is 0.0898. The number of benzene rings is 3. The number of amides is 1. The van der Waals surface area contributed by atoms with E-state index in [1.165, 1.54) is 24.3 Å². The first-order valence-corrected chi connectivity index (χ1v) is 11.8. The normalized spacial score (nSPS) is 15.9. The zero-order valence-corrected chi connectivity index (χ0v) is 18.2. The number of hydrogen-bond donors (Lipinski definition) is 2. The lowest BCUT2D eigenvalue weighted by molar-refractivity contribution is 0.102. The zero-order chi connectivity index (χ0) is 22.4. The predicted octanol–water partition coefficient (Wildman–Crippen LogP) is 4.19. The molecule has 0 aromatic heterocycles. The number of anilines is 1. The van der Waals surface area contributed by atoms with Crippen LogP contribution in [0.5, 0.6) is 11.5 Å². The van der Waals surface area contributed by atoms with Crippen LogP contribution in [0.3, 0.4) is 0 Å². The zero-order valence-electron chi connectivity index (χ0n) is 17.4. The number of sulfonamides is 1. The van der Waals surface area contributed by atoms with Crippen molar-refractivity contribution in [2.75, 3.05) is 18.5 Å². The van der Waals surface area contributed by atoms with Crippen molar-refractivity contribution in [3.8, 4) is 11.5 Å². The molecule has 0 spiro atoms. The first kappa shape index (κ1) is 22.0. The lowest BCUT2D eigenvalue weighted by atomic mass is 10.2. The van der Waals surface area contributed by atoms with Crippen LogP contribution in [-0.4, -0.2) is 33.6 Å². The highest BCUT2D eigenvalue weighted by atomic mass is 32.2. The second-order valence-electron chi connectivity index (χ2n) is 7.38. The summed E-state index contributed by atoms with van der Waals surface area (Å²) in [6.45, 7) is 0.901. The van der Waals surface area contributed by atoms with Crippen LogP contribution in [0, 0.1) is 0 Å². The third-order valence-electron chi connectivity index (χ3n) is 5.06. The first-order chi connectivity index (χ1) is 15.5. The summed E-state index contributed by atoms with van der Waals surface area (Å²) < 4.78 is 38.9. The molecule has 0 unspecified atom stereocenters. The van der Waals surface area contributed by atoms with Gasteiger partial charge in [-0.05, 0) is 61.4 Å². The smallest absolute Gasteiger partial charge is 0.255 e. The molecule has 7 nitrogen and oxygen atoms in total. The molecule has 32 heavy (non-hydrogen) atoms. The van der Waals surface area contributed by atoms with E-state index in [9.17, 15) is 13.2 Å². The van der Waals surface area contributed by atoms with Gasteiger partial charge >= 0.3 is 0 Å². The molecule has 1 saturated heterocycles. The summed E-state index contributed by atoms with van der Waals surface area (Å²) in [6.07, 6.45) is 1.69. The van der Waals surface area contributed by atoms with Crippen molar-refractivity contribution >= 4 is 21.6 Å². The minimum atomic E-state index is -3.67. The van der Waals surface area contributed by atoms with Crippen LogP contribution in [0.25, 0.3) is 0 Å². The predicted molar refractivity (Wildman–Crippen MR) is 122 cm³/mol. The molecular weight excluding hydrogens is 428 g/mol. The van der Waals surface area contributed by atoms with Crippen LogP contribution < -0.4 is 14.8 Å². The van der Waals surface area contributed by atoms with Gasteiger partial charge in [-0.3, -0.25) is 4.79 Å². The van der Waals surface area contributed by atoms with E-state index in [0.717, 1.165) is 12.8 Å². The summed E-state index contributed by atoms with van der Waals surface area (Å²) in [5.41, 5.74) is 0.842. The molecule has 1 amide bonds. The quantitative estimate of drug-likeness (QED) is 0.535. The van der Waals surface area contributed by atoms with Gasteiger partial charge in [0.25, 0.3) is 5.91 Å². The second kappa shape index (κ2) is 9.95. The van der Waals surface area contributed by atoms with E-state index >= 15 is 0 Å². The van der Waals surface area contributed by atoms with E-state index in [1.54, 1.807) is 18.2 Å². The van der Waals surface area contributed by atoms with Gasteiger partial charge in [0, 0.05) is 18.7 Å². The first-order valence-electron chi connectivity index (χ1n) is 10.4. The Hall–Kier alpha value is -3.20. The molecule has 1 heterocycles. The minimum Gasteiger partial charge on any atom is -0.455 e. The van der Waals surface area contributed by atoms with E-state index in [2.05, 4.69) is 10.0 Å². The summed E-state index contributed by atoms with van der Waals surface area (Å²) in [5, 5.41) is 2.82. The topological polar surface area (TPSA) is 93.7 Å². The molecule has 1 aliphatic heterocycles. The highest BCUT2D eigenvalue weighted by Gasteiger charge is 2.20. The Bertz CT molecular complexity index is 1160. The molecular formula is C24H24N2O5S. The Labute approximate surface area is 187 Å². The molecule has 1 aliphatic rings. The van der Waals surface area contributed by atoms with Crippen molar-refractivity contribution in [2.24, 2.45) is 0 Å². The number of para-hydroxylation sites is 3. The van der Waals surface area contributed by atoms with Gasteiger partial charge in [-0.25, -0.2) is 13.1 Å². The van der Waals surface area contributed by atoms with Crippen LogP contribution in [0.4, 0.5) is 5.69 Å². The van der Waals surface area contributed by atoms with Gasteiger partial charge in [-0.1, -0.05) is 30.3 Å². The SMILES string of the molecule is O=C(Nc1ccccc1Oc1ccccc1)c1ccc(S(=O)(=O)NC[C@@H]2CCCO2)cc1. The molecule has 0 aliphatic carbocycles. The third kappa shape index (κ3) is 5.53. The van der Waals surface area contributed by atoms with Crippen molar-refractivity contribution in [3.05, 3.63) is 84.4 Å². The van der Waals surface area contributed by atoms with Gasteiger partial charge in [-0.15, -0.1) is 0 Å². The third-order valence-corrected chi connectivity index (χ3v) is 6.50. The van der Waals surface area contributed by atoms with E-state index in [-0.39, 0.29) is 23.5 Å². The number of carbonyl (C=O) groups is 1. The highest BCUT2D eigenvalue weighted by Crippen LogP contribution is 2.29. The van der Waals surface area contributed by atoms with E-state index in [1.807, 2.05) is 36.4 Å². The number of carbonyl (C=O) groups excluding carboxylic acids is 1. The lowest BCUT2D eigenvalue weighted by Gasteiger charge is -2.13. The van der Waals surface area contributed by atoms with Crippen molar-refractivity contribution in [1.29, 1.82) is 0 Å². The summed E-state index contributed by atoms with van der Waals surface area (Å²) in [4.78, 5) is 12.8. The summed E-state index contributed by atoms with van der Waals surface area (Å²) in [7, 11) is -3.67. The van der Waals surface area contributed by atoms with Crippen molar-refractivity contribution in [2.45, 2.75) is 23.8 Å². The maximum Gasteiger partial charge on any atom is 0.255 e. The molecule has 0 radical (unpaired) electrons. The summed E-state index contributed by atoms with van der Waals surface area (Å²) >= 11 is 0. The molecule has 2 N–H and O–H groups in total. The van der Waals surface area contributed by atoms with Crippen molar-refractivity contribution < 1.29 is 22.7 Å². The summed E-state index contributed by atoms with van der Waals surface area (Å²) in [6, 6.07) is 22.2. The lowest BCUT2D eigenvalue weighted by Crippen LogP contribution is -2.31. The molecule has 0 saturated carbocycles. The largest absolute Gasteiger partial charge is 0.455 e. The number of ether oxygens (including phenoxy) is 2. The maximum absolute atomic E-state index is 12.7.